The van der Waals surface area contributed by atoms with Crippen molar-refractivity contribution < 1.29 is 33.1 Å². The Bertz CT molecular complexity index is 130. The molecule has 0 atom stereocenters. The third kappa shape index (κ3) is 4140. The standard InChI is InChI=1S/2Mg.3O2Si.2O/c;;3*1-3-2;;. The van der Waals surface area contributed by atoms with Gasteiger partial charge in [0.05, 0.1) is 0 Å². The quantitative estimate of drug-likeness (QED) is 0.424. The molecule has 0 unspecified atom stereocenters. The van der Waals surface area contributed by atoms with E-state index >= 15 is 0 Å². The predicted molar refractivity (Wildman–Crippen MR) is 34.3 cm³/mol. The van der Waals surface area contributed by atoms with Gasteiger partial charge in [0.25, 0.3) is 0 Å². The first-order valence-electron chi connectivity index (χ1n) is 1.80. The molecule has 0 N–H and O–H groups in total. The van der Waals surface area contributed by atoms with Crippen LogP contribution in [-0.4, -0.2) is 71.3 Å². The molecule has 0 aromatic rings. The Balaban J connectivity index is -0.0000000208. The van der Waals surface area contributed by atoms with Gasteiger partial charge in [-0.05, 0) is 0 Å². The van der Waals surface area contributed by atoms with Gasteiger partial charge in [0, 0.05) is 0 Å². The van der Waals surface area contributed by atoms with Gasteiger partial charge in [-0.1, -0.05) is 0 Å². The molecule has 0 heterocycles. The van der Waals surface area contributed by atoms with Gasteiger partial charge in [-0.15, -0.1) is 0 Å². The topological polar surface area (TPSA) is 137 Å². The van der Waals surface area contributed by atoms with Crippen molar-refractivity contribution in [1.82, 2.24) is 0 Å². The van der Waals surface area contributed by atoms with Gasteiger partial charge in [0.15, 0.2) is 0 Å². The molecule has 0 rings (SSSR count). The summed E-state index contributed by atoms with van der Waals surface area (Å²) in [4.78, 5) is 0. The average molecular weight is 261 g/mol. The SMILES string of the molecule is O=[Si]=O.O=[Si]=O.O=[Si]=O.[O]=[Mg].[O]=[Mg]. The molecule has 0 saturated carbocycles. The Labute approximate surface area is 104 Å². The average Bonchev–Trinajstić information content (AvgIpc) is 2.14. The van der Waals surface area contributed by atoms with Crippen LogP contribution in [0.5, 0.6) is 0 Å². The molecular weight excluding hydrogens is 261 g/mol. The molecule has 0 aliphatic carbocycles. The van der Waals surface area contributed by atoms with Crippen molar-refractivity contribution >= 4 is 71.3 Å². The first-order chi connectivity index (χ1) is 6.24. The van der Waals surface area contributed by atoms with Crippen molar-refractivity contribution in [3.63, 3.8) is 0 Å². The minimum absolute atomic E-state index is 0.611. The zero-order chi connectivity index (χ0) is 12.1. The summed E-state index contributed by atoms with van der Waals surface area (Å²) in [7, 11) is -4.25. The fraction of sp³-hybridized carbons (Fsp3) is 0. The van der Waals surface area contributed by atoms with E-state index in [1.54, 1.807) is 0 Å². The van der Waals surface area contributed by atoms with Gasteiger partial charge < -0.3 is 0 Å². The van der Waals surface area contributed by atoms with Gasteiger partial charge in [0.1, 0.15) is 0 Å². The number of rotatable bonds is 0. The molecule has 0 bridgehead atoms. The Kier molecular flexibility index (Phi) is 295. The molecule has 0 amide bonds. The normalized spacial score (nSPS) is 2.77. The predicted octanol–water partition coefficient (Wildman–Crippen LogP) is -2.85. The molecule has 0 aliphatic rings. The molecule has 0 aromatic heterocycles. The fourth-order valence-electron chi connectivity index (χ4n) is 0. The molecular formula is Mg2O8Si3. The second-order valence-corrected chi connectivity index (χ2v) is 0.750. The van der Waals surface area contributed by atoms with E-state index in [9.17, 15) is 0 Å². The van der Waals surface area contributed by atoms with Gasteiger partial charge in [-0.2, -0.15) is 0 Å². The van der Waals surface area contributed by atoms with Crippen LogP contribution in [0, 0.1) is 0 Å². The van der Waals surface area contributed by atoms with Crippen molar-refractivity contribution in [3.8, 4) is 0 Å². The van der Waals surface area contributed by atoms with Crippen molar-refractivity contribution in [1.29, 1.82) is 0 Å². The van der Waals surface area contributed by atoms with Gasteiger partial charge in [0.2, 0.25) is 0 Å². The van der Waals surface area contributed by atoms with Crippen LogP contribution in [0.4, 0.5) is 0 Å². The van der Waals surface area contributed by atoms with E-state index in [-0.39, 0.29) is 0 Å². The first-order valence-corrected chi connectivity index (χ1v) is 5.41. The van der Waals surface area contributed by atoms with Crippen molar-refractivity contribution in [2.45, 2.75) is 0 Å². The Morgan fingerprint density at radius 1 is 0.462 bits per heavy atom. The number of hydrogen-bond acceptors (Lipinski definition) is 8. The maximum atomic E-state index is 8.40. The van der Waals surface area contributed by atoms with E-state index in [0.717, 1.165) is 0 Å². The van der Waals surface area contributed by atoms with Gasteiger partial charge >= 0.3 is 77.6 Å². The third-order valence-corrected chi connectivity index (χ3v) is 0. The molecule has 0 radical (unpaired) electrons. The first kappa shape index (κ1) is 29.2. The second kappa shape index (κ2) is 131. The second-order valence-electron chi connectivity index (χ2n) is 0.250. The van der Waals surface area contributed by atoms with Gasteiger partial charge in [-0.25, -0.2) is 0 Å². The van der Waals surface area contributed by atoms with E-state index in [1.807, 2.05) is 0 Å². The molecule has 13 heteroatoms. The van der Waals surface area contributed by atoms with Gasteiger partial charge in [-0.3, -0.25) is 26.8 Å². The fourth-order valence-corrected chi connectivity index (χ4v) is 0. The molecule has 13 heavy (non-hydrogen) atoms. The summed E-state index contributed by atoms with van der Waals surface area (Å²) < 4.78 is 67.0. The molecule has 0 spiro atoms. The Morgan fingerprint density at radius 3 is 0.462 bits per heavy atom. The Hall–Kier alpha value is 0.583. The van der Waals surface area contributed by atoms with Crippen molar-refractivity contribution in [3.05, 3.63) is 0 Å². The van der Waals surface area contributed by atoms with Crippen LogP contribution in [0.15, 0.2) is 0 Å². The molecule has 0 fully saturated rings. The molecule has 0 aliphatic heterocycles. The summed E-state index contributed by atoms with van der Waals surface area (Å²) in [6.07, 6.45) is 0. The summed E-state index contributed by atoms with van der Waals surface area (Å²) >= 11 is 1.22. The van der Waals surface area contributed by atoms with E-state index in [4.69, 9.17) is 33.1 Å². The zero-order valence-corrected chi connectivity index (χ0v) is 12.0. The summed E-state index contributed by atoms with van der Waals surface area (Å²) in [6, 6.07) is 0. The van der Waals surface area contributed by atoms with E-state index in [0.29, 0.717) is 43.4 Å². The maximum absolute atomic E-state index is 8.40. The molecule has 64 valence electrons. The van der Waals surface area contributed by atoms with Crippen LogP contribution in [0.3, 0.4) is 0 Å². The summed E-state index contributed by atoms with van der Waals surface area (Å²) in [5, 5.41) is 0. The van der Waals surface area contributed by atoms with Crippen LogP contribution in [-0.2, 0) is 33.1 Å². The van der Waals surface area contributed by atoms with E-state index in [2.05, 4.69) is 0 Å². The van der Waals surface area contributed by atoms with E-state index < -0.39 is 27.9 Å². The van der Waals surface area contributed by atoms with E-state index in [1.165, 1.54) is 0 Å². The minimum atomic E-state index is -1.42. The van der Waals surface area contributed by atoms with Crippen molar-refractivity contribution in [2.75, 3.05) is 0 Å². The molecule has 0 aromatic carbocycles. The molecule has 8 nitrogen and oxygen atoms in total. The van der Waals surface area contributed by atoms with Crippen LogP contribution < -0.4 is 0 Å². The van der Waals surface area contributed by atoms with Crippen LogP contribution in [0.25, 0.3) is 0 Å². The van der Waals surface area contributed by atoms with Crippen molar-refractivity contribution in [2.24, 2.45) is 0 Å². The Morgan fingerprint density at radius 2 is 0.462 bits per heavy atom. The summed E-state index contributed by atoms with van der Waals surface area (Å²) in [6.45, 7) is 0. The van der Waals surface area contributed by atoms with Crippen LogP contribution in [0.2, 0.25) is 0 Å². The van der Waals surface area contributed by atoms with Crippen LogP contribution in [0.1, 0.15) is 0 Å². The summed E-state index contributed by atoms with van der Waals surface area (Å²) in [5.74, 6) is 0. The van der Waals surface area contributed by atoms with Crippen LogP contribution >= 0.6 is 0 Å². The zero-order valence-electron chi connectivity index (χ0n) is 6.18. The monoisotopic (exact) mass is 260 g/mol. The number of hydrogen-bond donors (Lipinski definition) is 0. The molecule has 0 saturated heterocycles. The third-order valence-electron chi connectivity index (χ3n) is 0. The summed E-state index contributed by atoms with van der Waals surface area (Å²) in [5.41, 5.74) is 0.